The number of nitrogen functional groups attached to an aromatic ring is 1. The normalized spacial score (nSPS) is 22.4. The molecule has 1 aromatic rings. The highest BCUT2D eigenvalue weighted by Crippen LogP contribution is 2.41. The second-order valence-corrected chi connectivity index (χ2v) is 4.83. The van der Waals surface area contributed by atoms with Gasteiger partial charge in [-0.05, 0) is 25.7 Å². The average molecular weight is 207 g/mol. The van der Waals surface area contributed by atoms with Crippen LogP contribution in [0.4, 0.5) is 5.69 Å². The fraction of sp³-hybridized carbons (Fsp3) is 0.727. The van der Waals surface area contributed by atoms with E-state index in [1.54, 1.807) is 4.68 Å². The van der Waals surface area contributed by atoms with Gasteiger partial charge >= 0.3 is 0 Å². The van der Waals surface area contributed by atoms with Crippen LogP contribution in [0.3, 0.4) is 0 Å². The molecule has 1 aromatic heterocycles. The van der Waals surface area contributed by atoms with Crippen molar-refractivity contribution in [3.63, 3.8) is 0 Å². The van der Waals surface area contributed by atoms with Crippen molar-refractivity contribution in [2.75, 3.05) is 5.73 Å². The number of nitrogens with two attached hydrogens (primary N) is 1. The van der Waals surface area contributed by atoms with Crippen molar-refractivity contribution in [3.8, 4) is 0 Å². The van der Waals surface area contributed by atoms with Crippen LogP contribution in [0.25, 0.3) is 0 Å². The quantitative estimate of drug-likeness (QED) is 0.776. The van der Waals surface area contributed by atoms with Gasteiger partial charge in [0.15, 0.2) is 0 Å². The van der Waals surface area contributed by atoms with E-state index in [4.69, 9.17) is 5.73 Å². The first kappa shape index (κ1) is 9.07. The van der Waals surface area contributed by atoms with E-state index < -0.39 is 0 Å². The van der Waals surface area contributed by atoms with Crippen molar-refractivity contribution in [2.24, 2.45) is 0 Å². The molecule has 0 aromatic carbocycles. The van der Waals surface area contributed by atoms with Gasteiger partial charge in [0.1, 0.15) is 5.69 Å². The molecule has 82 valence electrons. The van der Waals surface area contributed by atoms with Crippen LogP contribution < -0.4 is 11.3 Å². The third-order valence-electron chi connectivity index (χ3n) is 3.66. The molecule has 3 N–H and O–H groups in total. The van der Waals surface area contributed by atoms with E-state index in [0.29, 0.717) is 17.6 Å². The molecule has 0 bridgehead atoms. The molecule has 0 saturated heterocycles. The monoisotopic (exact) mass is 207 g/mol. The Morgan fingerprint density at radius 1 is 1.20 bits per heavy atom. The van der Waals surface area contributed by atoms with Crippen LogP contribution >= 0.6 is 0 Å². The minimum absolute atomic E-state index is 0.00352. The molecule has 0 radical (unpaired) electrons. The number of aromatic amines is 1. The van der Waals surface area contributed by atoms with E-state index in [1.807, 2.05) is 0 Å². The Hall–Kier alpha value is -1.19. The molecule has 0 atom stereocenters. The molecule has 2 saturated carbocycles. The van der Waals surface area contributed by atoms with E-state index in [1.165, 1.54) is 25.7 Å². The molecule has 2 aliphatic rings. The van der Waals surface area contributed by atoms with Gasteiger partial charge in [0.05, 0.1) is 11.7 Å². The van der Waals surface area contributed by atoms with Gasteiger partial charge in [-0.1, -0.05) is 12.8 Å². The molecular formula is C11H17N3O. The minimum Gasteiger partial charge on any atom is -0.393 e. The Bertz CT molecular complexity index is 422. The summed E-state index contributed by atoms with van der Waals surface area (Å²) in [6.45, 7) is 0. The van der Waals surface area contributed by atoms with Gasteiger partial charge in [0.2, 0.25) is 0 Å². The fourth-order valence-electron chi connectivity index (χ4n) is 2.59. The van der Waals surface area contributed by atoms with Gasteiger partial charge < -0.3 is 5.73 Å². The van der Waals surface area contributed by atoms with Crippen molar-refractivity contribution < 1.29 is 0 Å². The topological polar surface area (TPSA) is 63.8 Å². The van der Waals surface area contributed by atoms with Gasteiger partial charge in [-0.25, -0.2) is 4.68 Å². The first-order chi connectivity index (χ1) is 7.27. The van der Waals surface area contributed by atoms with Crippen molar-refractivity contribution in [3.05, 3.63) is 16.0 Å². The van der Waals surface area contributed by atoms with E-state index in [9.17, 15) is 4.79 Å². The van der Waals surface area contributed by atoms with Gasteiger partial charge in [-0.2, -0.15) is 0 Å². The second kappa shape index (κ2) is 3.15. The molecule has 3 rings (SSSR count). The van der Waals surface area contributed by atoms with E-state index in [0.717, 1.165) is 18.5 Å². The number of nitrogens with zero attached hydrogens (tertiary/aromatic N) is 1. The maximum Gasteiger partial charge on any atom is 0.290 e. The first-order valence-corrected chi connectivity index (χ1v) is 5.87. The second-order valence-electron chi connectivity index (χ2n) is 4.83. The van der Waals surface area contributed by atoms with Crippen molar-refractivity contribution in [2.45, 2.75) is 50.5 Å². The zero-order valence-corrected chi connectivity index (χ0v) is 8.83. The van der Waals surface area contributed by atoms with Crippen LogP contribution in [0, 0.1) is 0 Å². The summed E-state index contributed by atoms with van der Waals surface area (Å²) < 4.78 is 1.77. The highest BCUT2D eigenvalue weighted by molar-refractivity contribution is 5.44. The number of hydrogen-bond donors (Lipinski definition) is 2. The van der Waals surface area contributed by atoms with Crippen LogP contribution in [0.5, 0.6) is 0 Å². The lowest BCUT2D eigenvalue weighted by molar-refractivity contribution is 0.451. The van der Waals surface area contributed by atoms with Gasteiger partial charge in [-0.3, -0.25) is 9.89 Å². The molecule has 1 heterocycles. The summed E-state index contributed by atoms with van der Waals surface area (Å²) in [5.74, 6) is 0.528. The number of rotatable bonds is 2. The highest BCUT2D eigenvalue weighted by Gasteiger charge is 2.31. The number of nitrogens with one attached hydrogen (secondary N) is 1. The number of H-pyrrole nitrogens is 1. The molecule has 0 amide bonds. The van der Waals surface area contributed by atoms with Crippen LogP contribution in [0.15, 0.2) is 4.79 Å². The zero-order chi connectivity index (χ0) is 10.4. The SMILES string of the molecule is Nc1c(C2CC2)[nH]n(C2CCCC2)c1=O. The standard InChI is InChI=1S/C11H17N3O/c12-9-10(7-5-6-7)13-14(11(9)15)8-3-1-2-4-8/h7-8,13H,1-6,12H2. The molecule has 0 spiro atoms. The molecular weight excluding hydrogens is 190 g/mol. The zero-order valence-electron chi connectivity index (χ0n) is 8.83. The van der Waals surface area contributed by atoms with E-state index >= 15 is 0 Å². The third kappa shape index (κ3) is 1.39. The summed E-state index contributed by atoms with van der Waals surface area (Å²) in [5, 5.41) is 3.23. The average Bonchev–Trinajstić information content (AvgIpc) is 2.84. The maximum absolute atomic E-state index is 11.9. The Kier molecular flexibility index (Phi) is 1.90. The Labute approximate surface area is 88.4 Å². The molecule has 2 aliphatic carbocycles. The van der Waals surface area contributed by atoms with Gasteiger partial charge in [0.25, 0.3) is 5.56 Å². The van der Waals surface area contributed by atoms with Crippen LogP contribution in [0.2, 0.25) is 0 Å². The van der Waals surface area contributed by atoms with Crippen molar-refractivity contribution >= 4 is 5.69 Å². The summed E-state index contributed by atoms with van der Waals surface area (Å²) in [7, 11) is 0. The number of hydrogen-bond acceptors (Lipinski definition) is 2. The number of aromatic nitrogens is 2. The van der Waals surface area contributed by atoms with E-state index in [-0.39, 0.29) is 5.56 Å². The lowest BCUT2D eigenvalue weighted by Crippen LogP contribution is -2.21. The summed E-state index contributed by atoms with van der Waals surface area (Å²) in [6, 6.07) is 0.368. The predicted octanol–water partition coefficient (Wildman–Crippen LogP) is 1.75. The molecule has 4 nitrogen and oxygen atoms in total. The summed E-state index contributed by atoms with van der Waals surface area (Å²) in [6.07, 6.45) is 7.04. The van der Waals surface area contributed by atoms with Crippen molar-refractivity contribution in [1.29, 1.82) is 0 Å². The first-order valence-electron chi connectivity index (χ1n) is 5.87. The highest BCUT2D eigenvalue weighted by atomic mass is 16.1. The van der Waals surface area contributed by atoms with Crippen molar-refractivity contribution in [1.82, 2.24) is 9.78 Å². The molecule has 0 unspecified atom stereocenters. The molecule has 4 heteroatoms. The fourth-order valence-corrected chi connectivity index (χ4v) is 2.59. The lowest BCUT2D eigenvalue weighted by Gasteiger charge is -2.09. The smallest absolute Gasteiger partial charge is 0.290 e. The Morgan fingerprint density at radius 3 is 2.47 bits per heavy atom. The minimum atomic E-state index is 0.00352. The van der Waals surface area contributed by atoms with Gasteiger partial charge in [0, 0.05) is 5.92 Å². The third-order valence-corrected chi connectivity index (χ3v) is 3.66. The van der Waals surface area contributed by atoms with Crippen LogP contribution in [0.1, 0.15) is 56.2 Å². The van der Waals surface area contributed by atoms with Crippen LogP contribution in [-0.2, 0) is 0 Å². The molecule has 15 heavy (non-hydrogen) atoms. The summed E-state index contributed by atoms with van der Waals surface area (Å²) >= 11 is 0. The predicted molar refractivity (Wildman–Crippen MR) is 58.9 cm³/mol. The number of anilines is 1. The lowest BCUT2D eigenvalue weighted by atomic mass is 10.2. The molecule has 0 aliphatic heterocycles. The van der Waals surface area contributed by atoms with E-state index in [2.05, 4.69) is 5.10 Å². The van der Waals surface area contributed by atoms with Crippen LogP contribution in [-0.4, -0.2) is 9.78 Å². The van der Waals surface area contributed by atoms with Gasteiger partial charge in [-0.15, -0.1) is 0 Å². The maximum atomic E-state index is 11.9. The summed E-state index contributed by atoms with van der Waals surface area (Å²) in [4.78, 5) is 11.9. The Morgan fingerprint density at radius 2 is 1.87 bits per heavy atom. The Balaban J connectivity index is 2.00. The summed E-state index contributed by atoms with van der Waals surface area (Å²) in [5.41, 5.74) is 7.31. The largest absolute Gasteiger partial charge is 0.393 e. The molecule has 2 fully saturated rings.